The van der Waals surface area contributed by atoms with E-state index in [9.17, 15) is 4.79 Å². The highest BCUT2D eigenvalue weighted by Gasteiger charge is 2.25. The van der Waals surface area contributed by atoms with Crippen molar-refractivity contribution >= 4 is 11.7 Å². The van der Waals surface area contributed by atoms with Crippen molar-refractivity contribution in [1.29, 1.82) is 0 Å². The van der Waals surface area contributed by atoms with Crippen LogP contribution in [0.4, 0.5) is 0 Å². The van der Waals surface area contributed by atoms with Gasteiger partial charge in [-0.3, -0.25) is 19.0 Å². The molecule has 1 fully saturated rings. The summed E-state index contributed by atoms with van der Waals surface area (Å²) in [5.41, 5.74) is 0.994. The van der Waals surface area contributed by atoms with Gasteiger partial charge in [0.25, 0.3) is 0 Å². The fourth-order valence-electron chi connectivity index (χ4n) is 2.65. The first kappa shape index (κ1) is 14.0. The summed E-state index contributed by atoms with van der Waals surface area (Å²) in [5, 5.41) is 9.04. The Morgan fingerprint density at radius 2 is 2.14 bits per heavy atom. The van der Waals surface area contributed by atoms with E-state index in [1.165, 1.54) is 0 Å². The second-order valence-corrected chi connectivity index (χ2v) is 5.39. The summed E-state index contributed by atoms with van der Waals surface area (Å²) in [5.74, 6) is -0.0412. The van der Waals surface area contributed by atoms with Gasteiger partial charge in [-0.15, -0.1) is 0 Å². The second kappa shape index (κ2) is 5.79. The molecule has 3 heterocycles. The van der Waals surface area contributed by atoms with Crippen molar-refractivity contribution in [3.05, 3.63) is 30.4 Å². The Balaban J connectivity index is 1.59. The van der Waals surface area contributed by atoms with E-state index in [4.69, 9.17) is 5.11 Å². The zero-order chi connectivity index (χ0) is 14.8. The molecule has 1 N–H and O–H groups in total. The maximum absolute atomic E-state index is 11.0. The van der Waals surface area contributed by atoms with Crippen molar-refractivity contribution in [2.24, 2.45) is 0 Å². The number of rotatable bonds is 4. The minimum atomic E-state index is -0.755. The van der Waals surface area contributed by atoms with Crippen LogP contribution in [0.5, 0.6) is 0 Å². The molecule has 0 aromatic carbocycles. The maximum atomic E-state index is 11.0. The molecule has 1 unspecified atom stereocenters. The van der Waals surface area contributed by atoms with Crippen molar-refractivity contribution in [2.75, 3.05) is 26.2 Å². The Morgan fingerprint density at radius 3 is 2.81 bits per heavy atom. The zero-order valence-electron chi connectivity index (χ0n) is 12.0. The van der Waals surface area contributed by atoms with E-state index < -0.39 is 12.0 Å². The summed E-state index contributed by atoms with van der Waals surface area (Å²) in [6.07, 6.45) is 5.66. The molecule has 21 heavy (non-hydrogen) atoms. The number of carboxylic acid groups (broad SMARTS) is 1. The van der Waals surface area contributed by atoms with E-state index in [1.54, 1.807) is 13.1 Å². The van der Waals surface area contributed by atoms with Crippen LogP contribution >= 0.6 is 0 Å². The third-order valence-electron chi connectivity index (χ3n) is 3.98. The number of piperazine rings is 1. The minimum absolute atomic E-state index is 0.411. The highest BCUT2D eigenvalue weighted by Crippen LogP contribution is 2.10. The third kappa shape index (κ3) is 3.03. The molecule has 0 aliphatic carbocycles. The van der Waals surface area contributed by atoms with Gasteiger partial charge in [0.15, 0.2) is 0 Å². The average Bonchev–Trinajstić information content (AvgIpc) is 2.89. The molecule has 7 nitrogen and oxygen atoms in total. The van der Waals surface area contributed by atoms with Crippen LogP contribution in [0, 0.1) is 0 Å². The number of nitrogens with zero attached hydrogens (tertiary/aromatic N) is 5. The molecule has 3 rings (SSSR count). The molecule has 0 amide bonds. The molecule has 1 aliphatic heterocycles. The van der Waals surface area contributed by atoms with Gasteiger partial charge < -0.3 is 5.11 Å². The number of imidazole rings is 1. The highest BCUT2D eigenvalue weighted by atomic mass is 16.4. The quantitative estimate of drug-likeness (QED) is 0.874. The van der Waals surface area contributed by atoms with Crippen molar-refractivity contribution in [1.82, 2.24) is 24.2 Å². The van der Waals surface area contributed by atoms with E-state index in [1.807, 2.05) is 27.8 Å². The fourth-order valence-corrected chi connectivity index (χ4v) is 2.65. The molecular formula is C14H19N5O2. The summed E-state index contributed by atoms with van der Waals surface area (Å²) in [7, 11) is 0. The van der Waals surface area contributed by atoms with Crippen LogP contribution in [0.2, 0.25) is 0 Å². The van der Waals surface area contributed by atoms with Gasteiger partial charge in [-0.05, 0) is 13.0 Å². The largest absolute Gasteiger partial charge is 0.480 e. The Bertz CT molecular complexity index is 600. The molecule has 2 aromatic heterocycles. The molecule has 1 atom stereocenters. The summed E-state index contributed by atoms with van der Waals surface area (Å²) < 4.78 is 1.91. The minimum Gasteiger partial charge on any atom is -0.480 e. The normalized spacial score (nSPS) is 18.9. The van der Waals surface area contributed by atoms with Crippen LogP contribution < -0.4 is 0 Å². The molecule has 0 spiro atoms. The number of aromatic nitrogens is 3. The number of fused-ring (bicyclic) bond motifs is 1. The lowest BCUT2D eigenvalue weighted by Crippen LogP contribution is -2.51. The van der Waals surface area contributed by atoms with Gasteiger partial charge in [0.1, 0.15) is 6.04 Å². The Kier molecular flexibility index (Phi) is 3.85. The standard InChI is InChI=1S/C14H19N5O2/c1-11(13(20)21)18-7-5-17(6-8-18)9-12-10-19-4-2-3-15-14(19)16-12/h2-4,10-11H,5-9H2,1H3,(H,20,21). The van der Waals surface area contributed by atoms with E-state index in [-0.39, 0.29) is 0 Å². The number of carbonyl (C=O) groups is 1. The summed E-state index contributed by atoms with van der Waals surface area (Å²) in [4.78, 5) is 24.0. The lowest BCUT2D eigenvalue weighted by molar-refractivity contribution is -0.143. The van der Waals surface area contributed by atoms with Crippen LogP contribution in [0.1, 0.15) is 12.6 Å². The van der Waals surface area contributed by atoms with E-state index in [0.29, 0.717) is 5.78 Å². The second-order valence-electron chi connectivity index (χ2n) is 5.39. The molecule has 1 saturated heterocycles. The topological polar surface area (TPSA) is 74.0 Å². The van der Waals surface area contributed by atoms with Gasteiger partial charge in [0.2, 0.25) is 5.78 Å². The Labute approximate surface area is 122 Å². The molecule has 112 valence electrons. The molecule has 0 radical (unpaired) electrons. The highest BCUT2D eigenvalue weighted by molar-refractivity contribution is 5.72. The van der Waals surface area contributed by atoms with Crippen molar-refractivity contribution < 1.29 is 9.90 Å². The smallest absolute Gasteiger partial charge is 0.320 e. The van der Waals surface area contributed by atoms with Gasteiger partial charge in [-0.25, -0.2) is 9.97 Å². The summed E-state index contributed by atoms with van der Waals surface area (Å²) in [6.45, 7) is 5.79. The number of hydrogen-bond donors (Lipinski definition) is 1. The maximum Gasteiger partial charge on any atom is 0.320 e. The van der Waals surface area contributed by atoms with E-state index in [0.717, 1.165) is 38.4 Å². The van der Waals surface area contributed by atoms with E-state index in [2.05, 4.69) is 14.9 Å². The Morgan fingerprint density at radius 1 is 1.38 bits per heavy atom. The predicted molar refractivity (Wildman–Crippen MR) is 76.9 cm³/mol. The van der Waals surface area contributed by atoms with E-state index >= 15 is 0 Å². The molecule has 1 aliphatic rings. The van der Waals surface area contributed by atoms with Crippen LogP contribution in [0.3, 0.4) is 0 Å². The zero-order valence-corrected chi connectivity index (χ0v) is 12.0. The first-order valence-corrected chi connectivity index (χ1v) is 7.11. The molecule has 0 bridgehead atoms. The molecule has 7 heteroatoms. The number of hydrogen-bond acceptors (Lipinski definition) is 5. The van der Waals surface area contributed by atoms with Gasteiger partial charge in [0.05, 0.1) is 5.69 Å². The van der Waals surface area contributed by atoms with Gasteiger partial charge >= 0.3 is 5.97 Å². The lowest BCUT2D eigenvalue weighted by Gasteiger charge is -2.36. The molecule has 2 aromatic rings. The molecule has 0 saturated carbocycles. The van der Waals surface area contributed by atoms with Gasteiger partial charge in [0, 0.05) is 51.3 Å². The van der Waals surface area contributed by atoms with Crippen LogP contribution in [-0.2, 0) is 11.3 Å². The predicted octanol–water partition coefficient (Wildman–Crippen LogP) is 0.320. The average molecular weight is 289 g/mol. The van der Waals surface area contributed by atoms with Crippen LogP contribution in [0.15, 0.2) is 24.7 Å². The summed E-state index contributed by atoms with van der Waals surface area (Å²) >= 11 is 0. The third-order valence-corrected chi connectivity index (χ3v) is 3.98. The number of aliphatic carboxylic acids is 1. The monoisotopic (exact) mass is 289 g/mol. The van der Waals surface area contributed by atoms with Crippen LogP contribution in [0.25, 0.3) is 5.78 Å². The van der Waals surface area contributed by atoms with Crippen LogP contribution in [-0.4, -0.2) is 67.5 Å². The van der Waals surface area contributed by atoms with Crippen molar-refractivity contribution in [2.45, 2.75) is 19.5 Å². The van der Waals surface area contributed by atoms with Crippen molar-refractivity contribution in [3.63, 3.8) is 0 Å². The summed E-state index contributed by atoms with van der Waals surface area (Å²) in [6, 6.07) is 1.47. The first-order valence-electron chi connectivity index (χ1n) is 7.11. The fraction of sp³-hybridized carbons (Fsp3) is 0.500. The Hall–Kier alpha value is -1.99. The van der Waals surface area contributed by atoms with Gasteiger partial charge in [-0.1, -0.05) is 0 Å². The van der Waals surface area contributed by atoms with Crippen molar-refractivity contribution in [3.8, 4) is 0 Å². The SMILES string of the molecule is CC(C(=O)O)N1CCN(Cc2cn3cccnc3n2)CC1. The number of carboxylic acids is 1. The van der Waals surface area contributed by atoms with Gasteiger partial charge in [-0.2, -0.15) is 0 Å². The first-order chi connectivity index (χ1) is 10.1. The molecular weight excluding hydrogens is 270 g/mol. The lowest BCUT2D eigenvalue weighted by atomic mass is 10.2.